The SMILES string of the molecule is CNc1nc(C)nc2c1CCNCC2. The fraction of sp³-hybridized carbons (Fsp3) is 0.600. The second kappa shape index (κ2) is 3.92. The molecule has 0 bridgehead atoms. The summed E-state index contributed by atoms with van der Waals surface area (Å²) in [7, 11) is 1.92. The fourth-order valence-electron chi connectivity index (χ4n) is 1.88. The van der Waals surface area contributed by atoms with E-state index in [1.165, 1.54) is 11.3 Å². The highest BCUT2D eigenvalue weighted by molar-refractivity contribution is 5.47. The molecule has 0 aromatic carbocycles. The molecule has 0 saturated carbocycles. The molecule has 1 aromatic heterocycles. The maximum absolute atomic E-state index is 4.49. The summed E-state index contributed by atoms with van der Waals surface area (Å²) >= 11 is 0. The summed E-state index contributed by atoms with van der Waals surface area (Å²) in [5.74, 6) is 1.85. The van der Waals surface area contributed by atoms with E-state index in [4.69, 9.17) is 0 Å². The lowest BCUT2D eigenvalue weighted by Gasteiger charge is -2.10. The predicted octanol–water partition coefficient (Wildman–Crippen LogP) is 0.515. The van der Waals surface area contributed by atoms with Gasteiger partial charge in [0, 0.05) is 25.6 Å². The van der Waals surface area contributed by atoms with Crippen LogP contribution in [0.2, 0.25) is 0 Å². The summed E-state index contributed by atoms with van der Waals surface area (Å²) in [5, 5.41) is 6.51. The molecule has 0 spiro atoms. The standard InChI is InChI=1S/C10H16N4/c1-7-13-9-4-6-12-5-3-8(9)10(11-2)14-7/h12H,3-6H2,1-2H3,(H,11,13,14). The van der Waals surface area contributed by atoms with Gasteiger partial charge in [0.2, 0.25) is 0 Å². The Balaban J connectivity index is 2.46. The maximum Gasteiger partial charge on any atom is 0.132 e. The van der Waals surface area contributed by atoms with Crippen molar-refractivity contribution in [3.8, 4) is 0 Å². The molecule has 2 heterocycles. The van der Waals surface area contributed by atoms with Crippen molar-refractivity contribution >= 4 is 5.82 Å². The Labute approximate surface area is 84.2 Å². The van der Waals surface area contributed by atoms with Crippen LogP contribution in [0.15, 0.2) is 0 Å². The third-order valence-electron chi connectivity index (χ3n) is 2.53. The molecular weight excluding hydrogens is 176 g/mol. The Morgan fingerprint density at radius 3 is 2.79 bits per heavy atom. The first-order chi connectivity index (χ1) is 6.81. The van der Waals surface area contributed by atoms with Crippen molar-refractivity contribution in [3.05, 3.63) is 17.1 Å². The molecule has 0 radical (unpaired) electrons. The van der Waals surface area contributed by atoms with Crippen LogP contribution >= 0.6 is 0 Å². The first-order valence-corrected chi connectivity index (χ1v) is 5.06. The minimum absolute atomic E-state index is 0.856. The van der Waals surface area contributed by atoms with E-state index in [1.54, 1.807) is 0 Å². The minimum atomic E-state index is 0.856. The lowest BCUT2D eigenvalue weighted by Crippen LogP contribution is -2.16. The van der Waals surface area contributed by atoms with E-state index in [0.29, 0.717) is 0 Å². The van der Waals surface area contributed by atoms with Gasteiger partial charge in [-0.05, 0) is 19.9 Å². The van der Waals surface area contributed by atoms with Crippen molar-refractivity contribution in [2.45, 2.75) is 19.8 Å². The van der Waals surface area contributed by atoms with Crippen LogP contribution in [-0.2, 0) is 12.8 Å². The van der Waals surface area contributed by atoms with Crippen LogP contribution in [0, 0.1) is 6.92 Å². The van der Waals surface area contributed by atoms with Gasteiger partial charge in [0.1, 0.15) is 11.6 Å². The topological polar surface area (TPSA) is 49.8 Å². The van der Waals surface area contributed by atoms with Crippen molar-refractivity contribution in [2.24, 2.45) is 0 Å². The van der Waals surface area contributed by atoms with Gasteiger partial charge in [-0.25, -0.2) is 9.97 Å². The van der Waals surface area contributed by atoms with Crippen LogP contribution in [0.3, 0.4) is 0 Å². The van der Waals surface area contributed by atoms with Crippen LogP contribution in [0.5, 0.6) is 0 Å². The Morgan fingerprint density at radius 1 is 1.21 bits per heavy atom. The number of hydrogen-bond acceptors (Lipinski definition) is 4. The molecule has 1 aliphatic heterocycles. The maximum atomic E-state index is 4.49. The number of hydrogen-bond donors (Lipinski definition) is 2. The minimum Gasteiger partial charge on any atom is -0.373 e. The number of fused-ring (bicyclic) bond motifs is 1. The largest absolute Gasteiger partial charge is 0.373 e. The third kappa shape index (κ3) is 1.70. The molecule has 2 N–H and O–H groups in total. The summed E-state index contributed by atoms with van der Waals surface area (Å²) in [6, 6.07) is 0. The fourth-order valence-corrected chi connectivity index (χ4v) is 1.88. The number of nitrogens with one attached hydrogen (secondary N) is 2. The van der Waals surface area contributed by atoms with E-state index in [0.717, 1.165) is 37.6 Å². The second-order valence-electron chi connectivity index (χ2n) is 3.54. The third-order valence-corrected chi connectivity index (χ3v) is 2.53. The Morgan fingerprint density at radius 2 is 2.00 bits per heavy atom. The summed E-state index contributed by atoms with van der Waals surface area (Å²) in [4.78, 5) is 8.89. The lowest BCUT2D eigenvalue weighted by molar-refractivity contribution is 0.708. The first kappa shape index (κ1) is 9.40. The van der Waals surface area contributed by atoms with E-state index in [2.05, 4.69) is 20.6 Å². The van der Waals surface area contributed by atoms with Crippen LogP contribution < -0.4 is 10.6 Å². The zero-order valence-electron chi connectivity index (χ0n) is 8.72. The van der Waals surface area contributed by atoms with Gasteiger partial charge in [-0.2, -0.15) is 0 Å². The van der Waals surface area contributed by atoms with Gasteiger partial charge < -0.3 is 10.6 Å². The zero-order valence-corrected chi connectivity index (χ0v) is 8.72. The molecule has 0 atom stereocenters. The second-order valence-corrected chi connectivity index (χ2v) is 3.54. The van der Waals surface area contributed by atoms with E-state index in [-0.39, 0.29) is 0 Å². The van der Waals surface area contributed by atoms with Crippen molar-refractivity contribution in [2.75, 3.05) is 25.5 Å². The number of rotatable bonds is 1. The van der Waals surface area contributed by atoms with Gasteiger partial charge in [0.25, 0.3) is 0 Å². The van der Waals surface area contributed by atoms with Crippen LogP contribution in [0.25, 0.3) is 0 Å². The Kier molecular flexibility index (Phi) is 2.63. The molecule has 0 aliphatic carbocycles. The molecule has 2 rings (SSSR count). The normalized spacial score (nSPS) is 15.9. The molecule has 1 aromatic rings. The van der Waals surface area contributed by atoms with Crippen LogP contribution in [0.4, 0.5) is 5.82 Å². The summed E-state index contributed by atoms with van der Waals surface area (Å²) in [6.07, 6.45) is 2.03. The molecule has 4 nitrogen and oxygen atoms in total. The average Bonchev–Trinajstić information content (AvgIpc) is 2.41. The molecular formula is C10H16N4. The van der Waals surface area contributed by atoms with Gasteiger partial charge >= 0.3 is 0 Å². The molecule has 0 saturated heterocycles. The summed E-state index contributed by atoms with van der Waals surface area (Å²) in [6.45, 7) is 3.99. The van der Waals surface area contributed by atoms with Crippen molar-refractivity contribution in [1.82, 2.24) is 15.3 Å². The number of nitrogens with zero attached hydrogens (tertiary/aromatic N) is 2. The molecule has 4 heteroatoms. The highest BCUT2D eigenvalue weighted by atomic mass is 15.0. The number of anilines is 1. The van der Waals surface area contributed by atoms with Crippen LogP contribution in [0.1, 0.15) is 17.1 Å². The average molecular weight is 192 g/mol. The van der Waals surface area contributed by atoms with Crippen molar-refractivity contribution in [1.29, 1.82) is 0 Å². The molecule has 1 aliphatic rings. The molecule has 76 valence electrons. The van der Waals surface area contributed by atoms with Gasteiger partial charge in [0.15, 0.2) is 0 Å². The van der Waals surface area contributed by atoms with E-state index in [9.17, 15) is 0 Å². The zero-order chi connectivity index (χ0) is 9.97. The van der Waals surface area contributed by atoms with Crippen molar-refractivity contribution < 1.29 is 0 Å². The van der Waals surface area contributed by atoms with Crippen LogP contribution in [-0.4, -0.2) is 30.1 Å². The number of aromatic nitrogens is 2. The van der Waals surface area contributed by atoms with E-state index in [1.807, 2.05) is 14.0 Å². The van der Waals surface area contributed by atoms with Gasteiger partial charge in [-0.3, -0.25) is 0 Å². The molecule has 0 unspecified atom stereocenters. The molecule has 0 amide bonds. The monoisotopic (exact) mass is 192 g/mol. The number of aryl methyl sites for hydroxylation is 1. The van der Waals surface area contributed by atoms with Crippen molar-refractivity contribution in [3.63, 3.8) is 0 Å². The predicted molar refractivity (Wildman–Crippen MR) is 56.6 cm³/mol. The first-order valence-electron chi connectivity index (χ1n) is 5.06. The van der Waals surface area contributed by atoms with Gasteiger partial charge in [-0.15, -0.1) is 0 Å². The lowest BCUT2D eigenvalue weighted by atomic mass is 10.1. The summed E-state index contributed by atoms with van der Waals surface area (Å²) in [5.41, 5.74) is 2.48. The summed E-state index contributed by atoms with van der Waals surface area (Å²) < 4.78 is 0. The van der Waals surface area contributed by atoms with E-state index < -0.39 is 0 Å². The van der Waals surface area contributed by atoms with Gasteiger partial charge in [-0.1, -0.05) is 0 Å². The quantitative estimate of drug-likeness (QED) is 0.681. The molecule has 14 heavy (non-hydrogen) atoms. The smallest absolute Gasteiger partial charge is 0.132 e. The molecule has 0 fully saturated rings. The highest BCUT2D eigenvalue weighted by Crippen LogP contribution is 2.18. The Bertz CT molecular complexity index is 335. The Hall–Kier alpha value is -1.16. The highest BCUT2D eigenvalue weighted by Gasteiger charge is 2.14. The van der Waals surface area contributed by atoms with Gasteiger partial charge in [0.05, 0.1) is 5.69 Å². The van der Waals surface area contributed by atoms with E-state index >= 15 is 0 Å².